The van der Waals surface area contributed by atoms with E-state index in [0.717, 1.165) is 11.3 Å². The fourth-order valence-corrected chi connectivity index (χ4v) is 2.21. The van der Waals surface area contributed by atoms with Gasteiger partial charge in [-0.1, -0.05) is 12.1 Å². The Morgan fingerprint density at radius 3 is 2.65 bits per heavy atom. The molecule has 0 radical (unpaired) electrons. The highest BCUT2D eigenvalue weighted by Crippen LogP contribution is 2.16. The largest absolute Gasteiger partial charge is 0.339 e. The van der Waals surface area contributed by atoms with Crippen LogP contribution in [0.1, 0.15) is 34.2 Å². The van der Waals surface area contributed by atoms with Crippen LogP contribution in [0.4, 0.5) is 5.69 Å². The van der Waals surface area contributed by atoms with Gasteiger partial charge in [0.05, 0.1) is 0 Å². The van der Waals surface area contributed by atoms with E-state index in [1.807, 2.05) is 14.0 Å². The maximum Gasteiger partial charge on any atom is 0.221 e. The lowest BCUT2D eigenvalue weighted by Crippen LogP contribution is -2.06. The first-order valence-corrected chi connectivity index (χ1v) is 7.09. The predicted molar refractivity (Wildman–Crippen MR) is 89.0 cm³/mol. The van der Waals surface area contributed by atoms with Crippen LogP contribution in [0.2, 0.25) is 0 Å². The summed E-state index contributed by atoms with van der Waals surface area (Å²) in [6.07, 6.45) is 3.17. The molecule has 1 amide bonds. The highest BCUT2D eigenvalue weighted by Gasteiger charge is 2.08. The van der Waals surface area contributed by atoms with E-state index in [9.17, 15) is 9.59 Å². The number of aromatic nitrogens is 1. The summed E-state index contributed by atoms with van der Waals surface area (Å²) in [5.74, 6) is -0.354. The third kappa shape index (κ3) is 3.74. The summed E-state index contributed by atoms with van der Waals surface area (Å²) in [5, 5.41) is 11.7. The molecular formula is C18H17N3O2. The fraction of sp³-hybridized carbons (Fsp3) is 0.167. The molecule has 0 spiro atoms. The number of amides is 1. The van der Waals surface area contributed by atoms with E-state index in [-0.39, 0.29) is 11.7 Å². The number of anilines is 1. The van der Waals surface area contributed by atoms with E-state index in [1.165, 1.54) is 13.0 Å². The molecule has 0 atom stereocenters. The zero-order valence-electron chi connectivity index (χ0n) is 13.3. The molecule has 0 aliphatic carbocycles. The van der Waals surface area contributed by atoms with Gasteiger partial charge in [-0.05, 0) is 42.8 Å². The summed E-state index contributed by atoms with van der Waals surface area (Å²) >= 11 is 0. The number of nitrogens with zero attached hydrogens (tertiary/aromatic N) is 2. The second-order valence-corrected chi connectivity index (χ2v) is 5.20. The topological polar surface area (TPSA) is 74.9 Å². The summed E-state index contributed by atoms with van der Waals surface area (Å²) in [7, 11) is 1.81. The highest BCUT2D eigenvalue weighted by molar-refractivity contribution is 6.07. The molecule has 116 valence electrons. The first-order chi connectivity index (χ1) is 10.9. The number of benzene rings is 1. The number of hydrogen-bond donors (Lipinski definition) is 1. The minimum atomic E-state index is -0.186. The standard InChI is InChI=1S/C18H17N3O2/c1-12-14(10-17(11-19)21(12)3)7-8-18(23)15-5-4-6-16(9-15)20-13(2)22/h4-10H,1-3H3,(H,20,22)/b8-7+. The summed E-state index contributed by atoms with van der Waals surface area (Å²) in [6, 6.07) is 10.6. The smallest absolute Gasteiger partial charge is 0.221 e. The minimum Gasteiger partial charge on any atom is -0.339 e. The molecule has 1 aromatic carbocycles. The van der Waals surface area contributed by atoms with E-state index in [2.05, 4.69) is 11.4 Å². The van der Waals surface area contributed by atoms with E-state index in [1.54, 1.807) is 41.0 Å². The number of allylic oxidation sites excluding steroid dienone is 1. The van der Waals surface area contributed by atoms with Crippen LogP contribution in [-0.4, -0.2) is 16.3 Å². The van der Waals surface area contributed by atoms with Crippen molar-refractivity contribution in [1.82, 2.24) is 4.57 Å². The Kier molecular flexibility index (Phi) is 4.77. The average Bonchev–Trinajstić information content (AvgIpc) is 2.79. The molecule has 0 unspecified atom stereocenters. The average molecular weight is 307 g/mol. The number of ketones is 1. The molecule has 1 heterocycles. The van der Waals surface area contributed by atoms with Crippen LogP contribution in [0.5, 0.6) is 0 Å². The number of nitriles is 1. The molecule has 1 aromatic heterocycles. The molecule has 5 nitrogen and oxygen atoms in total. The van der Waals surface area contributed by atoms with Crippen LogP contribution in [0, 0.1) is 18.3 Å². The molecule has 0 aliphatic rings. The number of carbonyl (C=O) groups is 2. The molecular weight excluding hydrogens is 290 g/mol. The lowest BCUT2D eigenvalue weighted by atomic mass is 10.1. The molecule has 1 N–H and O–H groups in total. The van der Waals surface area contributed by atoms with Crippen LogP contribution < -0.4 is 5.32 Å². The Balaban J connectivity index is 2.22. The van der Waals surface area contributed by atoms with Gasteiger partial charge < -0.3 is 9.88 Å². The highest BCUT2D eigenvalue weighted by atomic mass is 16.1. The van der Waals surface area contributed by atoms with Gasteiger partial charge in [-0.15, -0.1) is 0 Å². The molecule has 2 rings (SSSR count). The Morgan fingerprint density at radius 1 is 1.30 bits per heavy atom. The van der Waals surface area contributed by atoms with Crippen LogP contribution in [0.25, 0.3) is 6.08 Å². The van der Waals surface area contributed by atoms with Gasteiger partial charge >= 0.3 is 0 Å². The van der Waals surface area contributed by atoms with Crippen molar-refractivity contribution in [2.45, 2.75) is 13.8 Å². The number of rotatable bonds is 4. The van der Waals surface area contributed by atoms with Gasteiger partial charge in [0.25, 0.3) is 0 Å². The third-order valence-electron chi connectivity index (χ3n) is 3.57. The van der Waals surface area contributed by atoms with Crippen molar-refractivity contribution < 1.29 is 9.59 Å². The van der Waals surface area contributed by atoms with E-state index >= 15 is 0 Å². The van der Waals surface area contributed by atoms with Crippen molar-refractivity contribution in [3.63, 3.8) is 0 Å². The molecule has 0 fully saturated rings. The third-order valence-corrected chi connectivity index (χ3v) is 3.57. The van der Waals surface area contributed by atoms with Gasteiger partial charge in [0, 0.05) is 30.9 Å². The van der Waals surface area contributed by atoms with Crippen LogP contribution in [0.15, 0.2) is 36.4 Å². The predicted octanol–water partition coefficient (Wildman–Crippen LogP) is 3.06. The lowest BCUT2D eigenvalue weighted by Gasteiger charge is -2.03. The lowest BCUT2D eigenvalue weighted by molar-refractivity contribution is -0.114. The maximum atomic E-state index is 12.3. The number of nitrogens with one attached hydrogen (secondary N) is 1. The normalized spacial score (nSPS) is 10.5. The SMILES string of the molecule is CC(=O)Nc1cccc(C(=O)/C=C/c2cc(C#N)n(C)c2C)c1. The summed E-state index contributed by atoms with van der Waals surface area (Å²) in [5.41, 5.74) is 3.36. The van der Waals surface area contributed by atoms with Crippen molar-refractivity contribution in [2.24, 2.45) is 7.05 Å². The summed E-state index contributed by atoms with van der Waals surface area (Å²) in [6.45, 7) is 3.31. The van der Waals surface area contributed by atoms with Crippen LogP contribution >= 0.6 is 0 Å². The van der Waals surface area contributed by atoms with Gasteiger partial charge in [0.15, 0.2) is 5.78 Å². The summed E-state index contributed by atoms with van der Waals surface area (Å²) < 4.78 is 1.78. The number of hydrogen-bond acceptors (Lipinski definition) is 3. The van der Waals surface area contributed by atoms with Crippen molar-refractivity contribution in [2.75, 3.05) is 5.32 Å². The Labute approximate surface area is 134 Å². The van der Waals surface area contributed by atoms with Gasteiger partial charge in [0.1, 0.15) is 11.8 Å². The Bertz CT molecular complexity index is 838. The minimum absolute atomic E-state index is 0.168. The van der Waals surface area contributed by atoms with Crippen molar-refractivity contribution in [3.05, 3.63) is 58.9 Å². The fourth-order valence-electron chi connectivity index (χ4n) is 2.21. The molecule has 5 heteroatoms. The first-order valence-electron chi connectivity index (χ1n) is 7.09. The maximum absolute atomic E-state index is 12.3. The molecule has 0 saturated carbocycles. The van der Waals surface area contributed by atoms with E-state index in [0.29, 0.717) is 16.9 Å². The van der Waals surface area contributed by atoms with Gasteiger partial charge in [-0.2, -0.15) is 5.26 Å². The van der Waals surface area contributed by atoms with Crippen LogP contribution in [-0.2, 0) is 11.8 Å². The summed E-state index contributed by atoms with van der Waals surface area (Å²) in [4.78, 5) is 23.3. The van der Waals surface area contributed by atoms with Gasteiger partial charge in [-0.3, -0.25) is 9.59 Å². The monoisotopic (exact) mass is 307 g/mol. The Morgan fingerprint density at radius 2 is 2.04 bits per heavy atom. The van der Waals surface area contributed by atoms with Crippen molar-refractivity contribution in [1.29, 1.82) is 5.26 Å². The molecule has 0 saturated heterocycles. The quantitative estimate of drug-likeness (QED) is 0.697. The van der Waals surface area contributed by atoms with Crippen LogP contribution in [0.3, 0.4) is 0 Å². The van der Waals surface area contributed by atoms with Crippen molar-refractivity contribution >= 4 is 23.5 Å². The second kappa shape index (κ2) is 6.75. The van der Waals surface area contributed by atoms with E-state index in [4.69, 9.17) is 5.26 Å². The zero-order chi connectivity index (χ0) is 17.0. The van der Waals surface area contributed by atoms with Gasteiger partial charge in [0.2, 0.25) is 5.91 Å². The zero-order valence-corrected chi connectivity index (χ0v) is 13.3. The van der Waals surface area contributed by atoms with E-state index < -0.39 is 0 Å². The van der Waals surface area contributed by atoms with Gasteiger partial charge in [-0.25, -0.2) is 0 Å². The molecule has 0 aliphatic heterocycles. The molecule has 0 bridgehead atoms. The second-order valence-electron chi connectivity index (χ2n) is 5.20. The Hall–Kier alpha value is -3.13. The first kappa shape index (κ1) is 16.2. The number of carbonyl (C=O) groups excluding carboxylic acids is 2. The molecule has 2 aromatic rings. The van der Waals surface area contributed by atoms with Crippen molar-refractivity contribution in [3.8, 4) is 6.07 Å². The molecule has 23 heavy (non-hydrogen) atoms.